The summed E-state index contributed by atoms with van der Waals surface area (Å²) in [6.07, 6.45) is 26.4. The van der Waals surface area contributed by atoms with Gasteiger partial charge in [-0.1, -0.05) is 215 Å². The van der Waals surface area contributed by atoms with Gasteiger partial charge < -0.3 is 0 Å². The molecule has 2 saturated carbocycles. The number of hydrogen-bond donors (Lipinski definition) is 0. The molecule has 5 rings (SSSR count). The summed E-state index contributed by atoms with van der Waals surface area (Å²) >= 11 is 0. The molecule has 2 aliphatic rings. The minimum absolute atomic E-state index is 0.310. The average Bonchev–Trinajstić information content (AvgIpc) is 3.25. The first-order valence-electron chi connectivity index (χ1n) is 24.5. The summed E-state index contributed by atoms with van der Waals surface area (Å²) in [4.78, 5) is 0. The van der Waals surface area contributed by atoms with Gasteiger partial charge in [0, 0.05) is 5.92 Å². The first kappa shape index (κ1) is 48.3. The van der Waals surface area contributed by atoms with E-state index in [9.17, 15) is 0 Å². The molecule has 0 nitrogen and oxygen atoms in total. The Hall–Kier alpha value is -3.38. The summed E-state index contributed by atoms with van der Waals surface area (Å²) in [5.74, 6) is 4.20. The number of hydrogen-bond acceptors (Lipinski definition) is 0. The van der Waals surface area contributed by atoms with E-state index in [1.807, 2.05) is 0 Å². The summed E-state index contributed by atoms with van der Waals surface area (Å²) < 4.78 is 0. The molecule has 3 aromatic rings. The molecule has 0 saturated heterocycles. The van der Waals surface area contributed by atoms with Crippen LogP contribution in [0.15, 0.2) is 116 Å². The minimum atomic E-state index is 0.310. The van der Waals surface area contributed by atoms with Gasteiger partial charge >= 0.3 is 0 Å². The van der Waals surface area contributed by atoms with E-state index in [-0.39, 0.29) is 0 Å². The standard InChI is InChI=1S/C30H40.C29H46/c1-5-6-9-17-24(3)29(26-18-10-7-11-19-26)30(27-20-12-8-13-21-27)25(4)28-22-15-14-16-23(28)2;1-7-8-10-16-24(5)29(26-17-11-9-12-18-26)28(21-20-22(2)3)25(6)27-19-14-13-15-23(27)4/h8,12-16,20-22,26,29-30H,3-7,9-11,17-19H2,1-2H3;13-15,19,22,26,28-29H,5-12,16-18,20-21H2,1-4H3. The SMILES string of the molecule is C=C(c1ccccc1C)C(CCC(C)C)C(C(=C)CCCCC)C1CCCCC1.C=C(c1ccccc1C)C(c1ccccc1)C(C(=C)CCCCC)C1CCCCC1. The van der Waals surface area contributed by atoms with E-state index in [1.165, 1.54) is 172 Å². The molecule has 322 valence electrons. The van der Waals surface area contributed by atoms with Gasteiger partial charge in [-0.25, -0.2) is 0 Å². The lowest BCUT2D eigenvalue weighted by Gasteiger charge is -2.39. The van der Waals surface area contributed by atoms with Crippen molar-refractivity contribution in [3.8, 4) is 0 Å². The maximum absolute atomic E-state index is 4.72. The summed E-state index contributed by atoms with van der Waals surface area (Å²) in [5, 5.41) is 0. The van der Waals surface area contributed by atoms with Crippen molar-refractivity contribution in [1.29, 1.82) is 0 Å². The lowest BCUT2D eigenvalue weighted by molar-refractivity contribution is 0.222. The van der Waals surface area contributed by atoms with Gasteiger partial charge in [-0.15, -0.1) is 0 Å². The monoisotopic (exact) mass is 795 g/mol. The molecule has 4 atom stereocenters. The Kier molecular flexibility index (Phi) is 21.3. The van der Waals surface area contributed by atoms with E-state index < -0.39 is 0 Å². The van der Waals surface area contributed by atoms with E-state index in [0.29, 0.717) is 23.7 Å². The van der Waals surface area contributed by atoms with Crippen molar-refractivity contribution in [2.24, 2.45) is 35.5 Å². The Morgan fingerprint density at radius 3 is 1.44 bits per heavy atom. The second-order valence-electron chi connectivity index (χ2n) is 19.2. The molecule has 4 unspecified atom stereocenters. The molecular weight excluding hydrogens is 709 g/mol. The first-order valence-corrected chi connectivity index (χ1v) is 24.5. The molecule has 0 aliphatic heterocycles. The molecule has 0 bridgehead atoms. The Labute approximate surface area is 365 Å². The van der Waals surface area contributed by atoms with Gasteiger partial charge in [-0.3, -0.25) is 0 Å². The lowest BCUT2D eigenvalue weighted by Crippen LogP contribution is -2.28. The van der Waals surface area contributed by atoms with Crippen molar-refractivity contribution in [1.82, 2.24) is 0 Å². The molecular formula is C59H86. The number of aryl methyl sites for hydroxylation is 2. The van der Waals surface area contributed by atoms with Gasteiger partial charge in [-0.05, 0) is 146 Å². The van der Waals surface area contributed by atoms with Crippen molar-refractivity contribution in [2.45, 2.75) is 176 Å². The molecule has 2 fully saturated rings. The Morgan fingerprint density at radius 2 is 0.966 bits per heavy atom. The average molecular weight is 795 g/mol. The van der Waals surface area contributed by atoms with Crippen molar-refractivity contribution in [3.63, 3.8) is 0 Å². The quantitative estimate of drug-likeness (QED) is 0.0702. The molecule has 0 amide bonds. The number of allylic oxidation sites excluding steroid dienone is 4. The fraction of sp³-hybridized carbons (Fsp3) is 0.559. The third-order valence-corrected chi connectivity index (χ3v) is 14.3. The van der Waals surface area contributed by atoms with E-state index in [0.717, 1.165) is 24.2 Å². The molecule has 3 aromatic carbocycles. The minimum Gasteiger partial charge on any atom is -0.0995 e. The van der Waals surface area contributed by atoms with E-state index >= 15 is 0 Å². The number of rotatable bonds is 22. The van der Waals surface area contributed by atoms with E-state index in [4.69, 9.17) is 26.3 Å². The van der Waals surface area contributed by atoms with Gasteiger partial charge in [-0.2, -0.15) is 0 Å². The van der Waals surface area contributed by atoms with Crippen molar-refractivity contribution in [2.75, 3.05) is 0 Å². The lowest BCUT2D eigenvalue weighted by atomic mass is 9.65. The summed E-state index contributed by atoms with van der Waals surface area (Å²) in [7, 11) is 0. The molecule has 59 heavy (non-hydrogen) atoms. The van der Waals surface area contributed by atoms with Crippen LogP contribution in [0.3, 0.4) is 0 Å². The van der Waals surface area contributed by atoms with Gasteiger partial charge in [0.2, 0.25) is 0 Å². The van der Waals surface area contributed by atoms with Crippen LogP contribution in [-0.4, -0.2) is 0 Å². The molecule has 0 aromatic heterocycles. The first-order chi connectivity index (χ1) is 28.6. The van der Waals surface area contributed by atoms with Crippen LogP contribution in [0.5, 0.6) is 0 Å². The molecule has 0 radical (unpaired) electrons. The maximum atomic E-state index is 4.72. The third kappa shape index (κ3) is 14.6. The normalized spacial score (nSPS) is 17.0. The Bertz CT molecular complexity index is 1690. The van der Waals surface area contributed by atoms with Gasteiger partial charge in [0.15, 0.2) is 0 Å². The van der Waals surface area contributed by atoms with Crippen LogP contribution in [0.2, 0.25) is 0 Å². The number of benzene rings is 3. The maximum Gasteiger partial charge on any atom is 0.0157 e. The fourth-order valence-electron chi connectivity index (χ4n) is 10.9. The van der Waals surface area contributed by atoms with Crippen LogP contribution in [0.25, 0.3) is 11.1 Å². The fourth-order valence-corrected chi connectivity index (χ4v) is 10.9. The second-order valence-corrected chi connectivity index (χ2v) is 19.2. The molecule has 2 aliphatic carbocycles. The smallest absolute Gasteiger partial charge is 0.0157 e. The zero-order valence-corrected chi connectivity index (χ0v) is 39.0. The number of unbranched alkanes of at least 4 members (excludes halogenated alkanes) is 4. The third-order valence-electron chi connectivity index (χ3n) is 14.3. The highest BCUT2D eigenvalue weighted by Gasteiger charge is 2.36. The molecule has 0 heteroatoms. The van der Waals surface area contributed by atoms with E-state index in [2.05, 4.69) is 120 Å². The zero-order valence-electron chi connectivity index (χ0n) is 39.0. The van der Waals surface area contributed by atoms with Crippen LogP contribution in [0.4, 0.5) is 0 Å². The topological polar surface area (TPSA) is 0 Å². The van der Waals surface area contributed by atoms with Gasteiger partial charge in [0.1, 0.15) is 0 Å². The van der Waals surface area contributed by atoms with Crippen LogP contribution < -0.4 is 0 Å². The van der Waals surface area contributed by atoms with Crippen molar-refractivity contribution in [3.05, 3.63) is 144 Å². The molecule has 0 heterocycles. The molecule has 0 spiro atoms. The van der Waals surface area contributed by atoms with Crippen molar-refractivity contribution >= 4 is 11.1 Å². The van der Waals surface area contributed by atoms with Crippen LogP contribution in [0, 0.1) is 49.4 Å². The van der Waals surface area contributed by atoms with Crippen LogP contribution in [0.1, 0.15) is 190 Å². The van der Waals surface area contributed by atoms with Crippen molar-refractivity contribution < 1.29 is 0 Å². The molecule has 0 N–H and O–H groups in total. The highest BCUT2D eigenvalue weighted by atomic mass is 14.4. The van der Waals surface area contributed by atoms with Gasteiger partial charge in [0.25, 0.3) is 0 Å². The predicted octanol–water partition coefficient (Wildman–Crippen LogP) is 18.5. The van der Waals surface area contributed by atoms with Crippen LogP contribution >= 0.6 is 0 Å². The Morgan fingerprint density at radius 1 is 0.525 bits per heavy atom. The van der Waals surface area contributed by atoms with Gasteiger partial charge in [0.05, 0.1) is 0 Å². The van der Waals surface area contributed by atoms with Crippen LogP contribution in [-0.2, 0) is 0 Å². The summed E-state index contributed by atoms with van der Waals surface area (Å²) in [6.45, 7) is 32.6. The van der Waals surface area contributed by atoms with E-state index in [1.54, 1.807) is 0 Å². The highest BCUT2D eigenvalue weighted by molar-refractivity contribution is 5.73. The Balaban J connectivity index is 0.000000261. The summed E-state index contributed by atoms with van der Waals surface area (Å²) in [6, 6.07) is 28.7. The predicted molar refractivity (Wildman–Crippen MR) is 264 cm³/mol. The largest absolute Gasteiger partial charge is 0.0995 e. The highest BCUT2D eigenvalue weighted by Crippen LogP contribution is 2.49. The zero-order chi connectivity index (χ0) is 42.6. The summed E-state index contributed by atoms with van der Waals surface area (Å²) in [5.41, 5.74) is 12.4. The second kappa shape index (κ2) is 26.1.